The molecular formula is C22H25NO3. The van der Waals surface area contributed by atoms with Gasteiger partial charge in [0.25, 0.3) is 0 Å². The lowest BCUT2D eigenvalue weighted by Crippen LogP contribution is -2.44. The molecule has 1 N–H and O–H groups in total. The molecule has 4 heteroatoms. The first kappa shape index (κ1) is 18.2. The summed E-state index contributed by atoms with van der Waals surface area (Å²) in [6.45, 7) is 2.02. The normalized spacial score (nSPS) is 16.3. The summed E-state index contributed by atoms with van der Waals surface area (Å²) in [5, 5.41) is 3.08. The van der Waals surface area contributed by atoms with E-state index in [1.165, 1.54) is 5.56 Å². The Bertz CT molecular complexity index is 732. The smallest absolute Gasteiger partial charge is 0.244 e. The molecule has 2 aromatic carbocycles. The number of hydrogen-bond acceptors (Lipinski definition) is 3. The minimum absolute atomic E-state index is 0.0757. The van der Waals surface area contributed by atoms with Gasteiger partial charge in [-0.15, -0.1) is 0 Å². The molecule has 3 rings (SSSR count). The topological polar surface area (TPSA) is 47.6 Å². The van der Waals surface area contributed by atoms with Crippen LogP contribution in [-0.2, 0) is 14.9 Å². The van der Waals surface area contributed by atoms with Gasteiger partial charge in [0.2, 0.25) is 5.91 Å². The molecule has 2 aromatic rings. The number of carbonyl (C=O) groups is 1. The Hall–Kier alpha value is -2.59. The van der Waals surface area contributed by atoms with Gasteiger partial charge in [0.1, 0.15) is 5.75 Å². The first-order valence-corrected chi connectivity index (χ1v) is 8.95. The third kappa shape index (κ3) is 4.52. The molecule has 136 valence electrons. The summed E-state index contributed by atoms with van der Waals surface area (Å²) < 4.78 is 10.8. The number of nitrogens with one attached hydrogen (secondary N) is 1. The van der Waals surface area contributed by atoms with Crippen molar-refractivity contribution >= 4 is 12.0 Å². The Morgan fingerprint density at radius 3 is 2.46 bits per heavy atom. The van der Waals surface area contributed by atoms with E-state index in [-0.39, 0.29) is 11.3 Å². The van der Waals surface area contributed by atoms with Crippen LogP contribution in [0.4, 0.5) is 0 Å². The molecule has 26 heavy (non-hydrogen) atoms. The third-order valence-electron chi connectivity index (χ3n) is 4.98. The second-order valence-corrected chi connectivity index (χ2v) is 6.58. The van der Waals surface area contributed by atoms with Crippen molar-refractivity contribution < 1.29 is 14.3 Å². The first-order valence-electron chi connectivity index (χ1n) is 8.95. The van der Waals surface area contributed by atoms with E-state index >= 15 is 0 Å². The summed E-state index contributed by atoms with van der Waals surface area (Å²) in [6.07, 6.45) is 5.21. The molecule has 1 saturated heterocycles. The lowest BCUT2D eigenvalue weighted by Gasteiger charge is -2.38. The fourth-order valence-electron chi connectivity index (χ4n) is 3.33. The average Bonchev–Trinajstić information content (AvgIpc) is 2.72. The van der Waals surface area contributed by atoms with Gasteiger partial charge in [0, 0.05) is 31.2 Å². The SMILES string of the molecule is COc1ccc(C2(CNC(=O)C=Cc3ccccc3)CCOCC2)cc1. The molecular weight excluding hydrogens is 326 g/mol. The number of methoxy groups -OCH3 is 1. The minimum atomic E-state index is -0.0965. The van der Waals surface area contributed by atoms with Crippen LogP contribution < -0.4 is 10.1 Å². The van der Waals surface area contributed by atoms with Gasteiger partial charge in [-0.2, -0.15) is 0 Å². The average molecular weight is 351 g/mol. The summed E-state index contributed by atoms with van der Waals surface area (Å²) in [4.78, 5) is 12.3. The highest BCUT2D eigenvalue weighted by Gasteiger charge is 2.34. The Balaban J connectivity index is 1.68. The number of amides is 1. The molecule has 1 heterocycles. The fraction of sp³-hybridized carbons (Fsp3) is 0.318. The first-order chi connectivity index (χ1) is 12.7. The highest BCUT2D eigenvalue weighted by atomic mass is 16.5. The molecule has 0 radical (unpaired) electrons. The van der Waals surface area contributed by atoms with Crippen LogP contribution >= 0.6 is 0 Å². The van der Waals surface area contributed by atoms with Crippen molar-refractivity contribution in [2.45, 2.75) is 18.3 Å². The molecule has 0 bridgehead atoms. The molecule has 0 aliphatic carbocycles. The van der Waals surface area contributed by atoms with Crippen LogP contribution in [0, 0.1) is 0 Å². The summed E-state index contributed by atoms with van der Waals surface area (Å²) in [5.41, 5.74) is 2.13. The van der Waals surface area contributed by atoms with Gasteiger partial charge in [0.05, 0.1) is 7.11 Å². The van der Waals surface area contributed by atoms with Crippen LogP contribution in [0.1, 0.15) is 24.0 Å². The lowest BCUT2D eigenvalue weighted by molar-refractivity contribution is -0.116. The maximum atomic E-state index is 12.3. The fourth-order valence-corrected chi connectivity index (χ4v) is 3.33. The second-order valence-electron chi connectivity index (χ2n) is 6.58. The van der Waals surface area contributed by atoms with Crippen LogP contribution in [0.25, 0.3) is 6.08 Å². The minimum Gasteiger partial charge on any atom is -0.497 e. The highest BCUT2D eigenvalue weighted by molar-refractivity contribution is 5.91. The Kier molecular flexibility index (Phi) is 6.08. The Morgan fingerprint density at radius 1 is 1.12 bits per heavy atom. The number of carbonyl (C=O) groups excluding carboxylic acids is 1. The third-order valence-corrected chi connectivity index (χ3v) is 4.98. The molecule has 1 aliphatic rings. The molecule has 1 amide bonds. The van der Waals surface area contributed by atoms with E-state index in [1.807, 2.05) is 48.5 Å². The molecule has 0 atom stereocenters. The highest BCUT2D eigenvalue weighted by Crippen LogP contribution is 2.35. The van der Waals surface area contributed by atoms with Crippen LogP contribution in [0.3, 0.4) is 0 Å². The van der Waals surface area contributed by atoms with Crippen LogP contribution in [-0.4, -0.2) is 32.8 Å². The second kappa shape index (κ2) is 8.68. The molecule has 0 unspecified atom stereocenters. The lowest BCUT2D eigenvalue weighted by atomic mass is 9.74. The van der Waals surface area contributed by atoms with Crippen LogP contribution in [0.2, 0.25) is 0 Å². The molecule has 0 aromatic heterocycles. The molecule has 1 fully saturated rings. The van der Waals surface area contributed by atoms with Crippen molar-refractivity contribution in [2.24, 2.45) is 0 Å². The van der Waals surface area contributed by atoms with E-state index in [0.717, 1.165) is 24.2 Å². The number of rotatable bonds is 6. The van der Waals surface area contributed by atoms with Gasteiger partial charge in [0.15, 0.2) is 0 Å². The summed E-state index contributed by atoms with van der Waals surface area (Å²) in [5.74, 6) is 0.763. The summed E-state index contributed by atoms with van der Waals surface area (Å²) >= 11 is 0. The van der Waals surface area contributed by atoms with Gasteiger partial charge in [-0.05, 0) is 42.2 Å². The molecule has 4 nitrogen and oxygen atoms in total. The van der Waals surface area contributed by atoms with Gasteiger partial charge < -0.3 is 14.8 Å². The molecule has 1 aliphatic heterocycles. The van der Waals surface area contributed by atoms with Crippen LogP contribution in [0.5, 0.6) is 5.75 Å². The Labute approximate surface area is 154 Å². The van der Waals surface area contributed by atoms with E-state index in [9.17, 15) is 4.79 Å². The maximum absolute atomic E-state index is 12.3. The zero-order chi connectivity index (χ0) is 18.2. The van der Waals surface area contributed by atoms with Gasteiger partial charge in [-0.25, -0.2) is 0 Å². The van der Waals surface area contributed by atoms with Gasteiger partial charge in [-0.1, -0.05) is 42.5 Å². The van der Waals surface area contributed by atoms with Crippen molar-refractivity contribution in [3.63, 3.8) is 0 Å². The number of hydrogen-bond donors (Lipinski definition) is 1. The monoisotopic (exact) mass is 351 g/mol. The van der Waals surface area contributed by atoms with E-state index in [2.05, 4.69) is 17.4 Å². The number of ether oxygens (including phenoxy) is 2. The molecule has 0 saturated carbocycles. The van der Waals surface area contributed by atoms with E-state index in [4.69, 9.17) is 9.47 Å². The van der Waals surface area contributed by atoms with E-state index in [0.29, 0.717) is 19.8 Å². The maximum Gasteiger partial charge on any atom is 0.244 e. The van der Waals surface area contributed by atoms with Gasteiger partial charge in [-0.3, -0.25) is 4.79 Å². The van der Waals surface area contributed by atoms with E-state index < -0.39 is 0 Å². The summed E-state index contributed by atoms with van der Waals surface area (Å²) in [7, 11) is 1.67. The van der Waals surface area contributed by atoms with E-state index in [1.54, 1.807) is 13.2 Å². The van der Waals surface area contributed by atoms with Crippen LogP contribution in [0.15, 0.2) is 60.7 Å². The predicted octanol–water partition coefficient (Wildman–Crippen LogP) is 3.57. The van der Waals surface area contributed by atoms with Crippen molar-refractivity contribution in [3.05, 3.63) is 71.8 Å². The van der Waals surface area contributed by atoms with Crippen molar-refractivity contribution in [1.29, 1.82) is 0 Å². The predicted molar refractivity (Wildman–Crippen MR) is 103 cm³/mol. The standard InChI is InChI=1S/C22H25NO3/c1-25-20-10-8-19(9-11-20)22(13-15-26-16-14-22)17-23-21(24)12-7-18-5-3-2-4-6-18/h2-12H,13-17H2,1H3,(H,23,24). The Morgan fingerprint density at radius 2 is 1.81 bits per heavy atom. The molecule has 0 spiro atoms. The largest absolute Gasteiger partial charge is 0.497 e. The van der Waals surface area contributed by atoms with Crippen molar-refractivity contribution in [2.75, 3.05) is 26.9 Å². The zero-order valence-electron chi connectivity index (χ0n) is 15.1. The quantitative estimate of drug-likeness (QED) is 0.810. The number of benzene rings is 2. The zero-order valence-corrected chi connectivity index (χ0v) is 15.1. The summed E-state index contributed by atoms with van der Waals surface area (Å²) in [6, 6.07) is 18.0. The van der Waals surface area contributed by atoms with Crippen molar-refractivity contribution in [1.82, 2.24) is 5.32 Å². The van der Waals surface area contributed by atoms with Crippen molar-refractivity contribution in [3.8, 4) is 5.75 Å². The van der Waals surface area contributed by atoms with Gasteiger partial charge >= 0.3 is 0 Å².